The molecule has 1 heterocycles. The SMILES string of the molecule is CC(C)n1cc(CNCC(O)C(F)F)cn1. The van der Waals surface area contributed by atoms with Gasteiger partial charge in [-0.2, -0.15) is 5.10 Å². The van der Waals surface area contributed by atoms with Crippen LogP contribution < -0.4 is 5.32 Å². The number of alkyl halides is 2. The van der Waals surface area contributed by atoms with Gasteiger partial charge in [-0.15, -0.1) is 0 Å². The average Bonchev–Trinajstić information content (AvgIpc) is 2.66. The summed E-state index contributed by atoms with van der Waals surface area (Å²) in [5.41, 5.74) is 0.912. The third-order valence-electron chi connectivity index (χ3n) is 2.16. The topological polar surface area (TPSA) is 50.1 Å². The number of nitrogens with one attached hydrogen (secondary N) is 1. The van der Waals surface area contributed by atoms with Crippen LogP contribution in [0.4, 0.5) is 8.78 Å². The molecule has 2 N–H and O–H groups in total. The summed E-state index contributed by atoms with van der Waals surface area (Å²) in [4.78, 5) is 0. The van der Waals surface area contributed by atoms with Gasteiger partial charge in [0.15, 0.2) is 0 Å². The van der Waals surface area contributed by atoms with Crippen molar-refractivity contribution in [2.75, 3.05) is 6.54 Å². The number of hydrogen-bond donors (Lipinski definition) is 2. The number of aromatic nitrogens is 2. The normalized spacial score (nSPS) is 13.7. The van der Waals surface area contributed by atoms with E-state index in [0.29, 0.717) is 6.54 Å². The minimum absolute atomic E-state index is 0.121. The van der Waals surface area contributed by atoms with Crippen LogP contribution in [0.15, 0.2) is 12.4 Å². The quantitative estimate of drug-likeness (QED) is 0.775. The molecule has 92 valence electrons. The fraction of sp³-hybridized carbons (Fsp3) is 0.700. The van der Waals surface area contributed by atoms with Crippen molar-refractivity contribution in [2.45, 2.75) is 39.0 Å². The maximum atomic E-state index is 12.0. The molecule has 0 aliphatic rings. The van der Waals surface area contributed by atoms with E-state index in [2.05, 4.69) is 10.4 Å². The molecule has 0 aliphatic heterocycles. The number of hydrogen-bond acceptors (Lipinski definition) is 3. The lowest BCUT2D eigenvalue weighted by Gasteiger charge is -2.09. The predicted molar refractivity (Wildman–Crippen MR) is 56.3 cm³/mol. The first-order chi connectivity index (χ1) is 7.50. The molecule has 1 atom stereocenters. The third-order valence-corrected chi connectivity index (χ3v) is 2.16. The summed E-state index contributed by atoms with van der Waals surface area (Å²) < 4.78 is 25.7. The van der Waals surface area contributed by atoms with Crippen molar-refractivity contribution in [2.24, 2.45) is 0 Å². The minimum Gasteiger partial charge on any atom is -0.386 e. The fourth-order valence-electron chi connectivity index (χ4n) is 1.20. The van der Waals surface area contributed by atoms with Crippen LogP contribution in [0.25, 0.3) is 0 Å². The van der Waals surface area contributed by atoms with Gasteiger partial charge < -0.3 is 10.4 Å². The van der Waals surface area contributed by atoms with Crippen molar-refractivity contribution >= 4 is 0 Å². The van der Waals surface area contributed by atoms with Crippen molar-refractivity contribution in [1.29, 1.82) is 0 Å². The molecule has 1 unspecified atom stereocenters. The Morgan fingerprint density at radius 1 is 1.50 bits per heavy atom. The summed E-state index contributed by atoms with van der Waals surface area (Å²) in [5, 5.41) is 15.7. The monoisotopic (exact) mass is 233 g/mol. The molecule has 1 aromatic heterocycles. The van der Waals surface area contributed by atoms with Crippen LogP contribution in [0.2, 0.25) is 0 Å². The second-order valence-corrected chi connectivity index (χ2v) is 3.96. The second kappa shape index (κ2) is 5.91. The molecule has 0 fully saturated rings. The van der Waals surface area contributed by atoms with E-state index in [1.807, 2.05) is 20.0 Å². The summed E-state index contributed by atoms with van der Waals surface area (Å²) >= 11 is 0. The smallest absolute Gasteiger partial charge is 0.265 e. The van der Waals surface area contributed by atoms with Gasteiger partial charge >= 0.3 is 0 Å². The Kier molecular flexibility index (Phi) is 4.82. The molecule has 16 heavy (non-hydrogen) atoms. The summed E-state index contributed by atoms with van der Waals surface area (Å²) in [7, 11) is 0. The van der Waals surface area contributed by atoms with Gasteiger partial charge in [0.2, 0.25) is 0 Å². The van der Waals surface area contributed by atoms with E-state index < -0.39 is 12.5 Å². The molecule has 0 saturated carbocycles. The highest BCUT2D eigenvalue weighted by Gasteiger charge is 2.15. The maximum absolute atomic E-state index is 12.0. The first-order valence-corrected chi connectivity index (χ1v) is 5.20. The lowest BCUT2D eigenvalue weighted by Crippen LogP contribution is -2.31. The van der Waals surface area contributed by atoms with Gasteiger partial charge in [-0.1, -0.05) is 0 Å². The van der Waals surface area contributed by atoms with Crippen LogP contribution in [0.5, 0.6) is 0 Å². The zero-order valence-corrected chi connectivity index (χ0v) is 9.40. The first-order valence-electron chi connectivity index (χ1n) is 5.20. The standard InChI is InChI=1S/C10H17F2N3O/c1-7(2)15-6-8(4-14-15)3-13-5-9(16)10(11)12/h4,6-7,9-10,13,16H,3,5H2,1-2H3. The Morgan fingerprint density at radius 3 is 2.69 bits per heavy atom. The molecule has 4 nitrogen and oxygen atoms in total. The number of nitrogens with zero attached hydrogens (tertiary/aromatic N) is 2. The molecule has 0 saturated heterocycles. The van der Waals surface area contributed by atoms with Crippen molar-refractivity contribution in [3.63, 3.8) is 0 Å². The van der Waals surface area contributed by atoms with Gasteiger partial charge in [0.1, 0.15) is 6.10 Å². The fourth-order valence-corrected chi connectivity index (χ4v) is 1.20. The Balaban J connectivity index is 2.32. The molecule has 1 rings (SSSR count). The highest BCUT2D eigenvalue weighted by Crippen LogP contribution is 2.05. The molecule has 0 aromatic carbocycles. The lowest BCUT2D eigenvalue weighted by atomic mass is 10.3. The molecule has 6 heteroatoms. The number of aliphatic hydroxyl groups excluding tert-OH is 1. The summed E-state index contributed by atoms with van der Waals surface area (Å²) in [6, 6.07) is 0.278. The van der Waals surface area contributed by atoms with E-state index in [0.717, 1.165) is 5.56 Å². The van der Waals surface area contributed by atoms with Gasteiger partial charge in [0.25, 0.3) is 6.43 Å². The van der Waals surface area contributed by atoms with E-state index >= 15 is 0 Å². The minimum atomic E-state index is -2.70. The Morgan fingerprint density at radius 2 is 2.19 bits per heavy atom. The summed E-state index contributed by atoms with van der Waals surface area (Å²) in [6.45, 7) is 4.32. The van der Waals surface area contributed by atoms with E-state index in [1.165, 1.54) is 0 Å². The predicted octanol–water partition coefficient (Wildman–Crippen LogP) is 1.18. The molecule has 1 aromatic rings. The second-order valence-electron chi connectivity index (χ2n) is 3.96. The van der Waals surface area contributed by atoms with Crippen LogP contribution in [0, 0.1) is 0 Å². The molecule has 0 radical (unpaired) electrons. The Bertz CT molecular complexity index is 315. The van der Waals surface area contributed by atoms with Crippen LogP contribution in [-0.4, -0.2) is 34.0 Å². The van der Waals surface area contributed by atoms with Crippen molar-refractivity contribution in [3.05, 3.63) is 18.0 Å². The van der Waals surface area contributed by atoms with Crippen LogP contribution in [0.1, 0.15) is 25.5 Å². The largest absolute Gasteiger partial charge is 0.386 e. The number of aliphatic hydroxyl groups is 1. The van der Waals surface area contributed by atoms with Gasteiger partial charge in [0.05, 0.1) is 6.20 Å². The third kappa shape index (κ3) is 3.86. The molecule has 0 bridgehead atoms. The van der Waals surface area contributed by atoms with Gasteiger partial charge in [0, 0.05) is 30.9 Å². The van der Waals surface area contributed by atoms with Crippen LogP contribution in [0.3, 0.4) is 0 Å². The van der Waals surface area contributed by atoms with Crippen molar-refractivity contribution in [3.8, 4) is 0 Å². The zero-order chi connectivity index (χ0) is 12.1. The van der Waals surface area contributed by atoms with Crippen LogP contribution in [-0.2, 0) is 6.54 Å². The average molecular weight is 233 g/mol. The maximum Gasteiger partial charge on any atom is 0.265 e. The molecule has 0 spiro atoms. The van der Waals surface area contributed by atoms with Gasteiger partial charge in [-0.25, -0.2) is 8.78 Å². The van der Waals surface area contributed by atoms with E-state index in [-0.39, 0.29) is 12.6 Å². The highest BCUT2D eigenvalue weighted by atomic mass is 19.3. The molecular formula is C10H17F2N3O. The molecular weight excluding hydrogens is 216 g/mol. The zero-order valence-electron chi connectivity index (χ0n) is 9.40. The van der Waals surface area contributed by atoms with E-state index in [4.69, 9.17) is 5.11 Å². The summed E-state index contributed by atoms with van der Waals surface area (Å²) in [6.07, 6.45) is -0.778. The van der Waals surface area contributed by atoms with Gasteiger partial charge in [-0.3, -0.25) is 4.68 Å². The first kappa shape index (κ1) is 13.1. The highest BCUT2D eigenvalue weighted by molar-refractivity contribution is 5.03. The Hall–Kier alpha value is -1.01. The van der Waals surface area contributed by atoms with E-state index in [9.17, 15) is 8.78 Å². The van der Waals surface area contributed by atoms with Crippen LogP contribution >= 0.6 is 0 Å². The molecule has 0 amide bonds. The number of rotatable bonds is 6. The van der Waals surface area contributed by atoms with Crippen molar-refractivity contribution in [1.82, 2.24) is 15.1 Å². The number of halogens is 2. The van der Waals surface area contributed by atoms with Gasteiger partial charge in [-0.05, 0) is 13.8 Å². The molecule has 0 aliphatic carbocycles. The lowest BCUT2D eigenvalue weighted by molar-refractivity contribution is -0.00340. The Labute approximate surface area is 93.3 Å². The summed E-state index contributed by atoms with van der Waals surface area (Å²) in [5.74, 6) is 0. The van der Waals surface area contributed by atoms with E-state index in [1.54, 1.807) is 10.9 Å². The van der Waals surface area contributed by atoms with Crippen molar-refractivity contribution < 1.29 is 13.9 Å².